The van der Waals surface area contributed by atoms with Crippen molar-refractivity contribution in [2.75, 3.05) is 26.7 Å². The van der Waals surface area contributed by atoms with Crippen molar-refractivity contribution in [2.24, 2.45) is 0 Å². The van der Waals surface area contributed by atoms with Crippen LogP contribution in [-0.2, 0) is 0 Å². The van der Waals surface area contributed by atoms with Crippen LogP contribution in [0.4, 0.5) is 0 Å². The second kappa shape index (κ2) is 5.84. The van der Waals surface area contributed by atoms with E-state index in [2.05, 4.69) is 16.7 Å². The van der Waals surface area contributed by atoms with Crippen LogP contribution in [0.25, 0.3) is 0 Å². The molecule has 0 spiro atoms. The monoisotopic (exact) mass is 258 g/mol. The smallest absolute Gasteiger partial charge is 0.0994 e. The van der Waals surface area contributed by atoms with Crippen molar-refractivity contribution < 1.29 is 15.3 Å². The van der Waals surface area contributed by atoms with Gasteiger partial charge in [0.1, 0.15) is 0 Å². The zero-order valence-corrected chi connectivity index (χ0v) is 11.4. The first-order chi connectivity index (χ1) is 8.56. The van der Waals surface area contributed by atoms with E-state index in [0.717, 1.165) is 32.5 Å². The van der Waals surface area contributed by atoms with E-state index in [-0.39, 0.29) is 12.1 Å². The number of rotatable bonds is 4. The zero-order chi connectivity index (χ0) is 13.3. The van der Waals surface area contributed by atoms with Crippen LogP contribution >= 0.6 is 0 Å². The first kappa shape index (κ1) is 14.2. The highest BCUT2D eigenvalue weighted by Crippen LogP contribution is 2.29. The number of aliphatic hydroxyl groups excluding tert-OH is 3. The Labute approximate surface area is 109 Å². The van der Waals surface area contributed by atoms with Gasteiger partial charge in [0.25, 0.3) is 0 Å². The molecule has 0 aromatic heterocycles. The van der Waals surface area contributed by atoms with Crippen LogP contribution < -0.4 is 0 Å². The summed E-state index contributed by atoms with van der Waals surface area (Å²) in [6, 6.07) is -0.316. The standard InChI is InChI=1S/C13H26N2O3/c1-3-4-6-14(2)9-8-15-7-5-10(16)11(15)13(18)12(9)17/h9-13,16-18H,3-8H2,1-2H3/t9-,10-,11+,12+,13+/m0/s1. The first-order valence-corrected chi connectivity index (χ1v) is 7.04. The normalized spacial score (nSPS) is 41.3. The summed E-state index contributed by atoms with van der Waals surface area (Å²) in [5.74, 6) is 0. The molecule has 2 rings (SSSR count). The zero-order valence-electron chi connectivity index (χ0n) is 11.4. The van der Waals surface area contributed by atoms with Crippen molar-refractivity contribution in [2.45, 2.75) is 56.6 Å². The van der Waals surface area contributed by atoms with Crippen LogP contribution in [-0.4, -0.2) is 82.2 Å². The van der Waals surface area contributed by atoms with Crippen LogP contribution in [0.2, 0.25) is 0 Å². The lowest BCUT2D eigenvalue weighted by Crippen LogP contribution is -2.65. The number of hydrogen-bond donors (Lipinski definition) is 3. The highest BCUT2D eigenvalue weighted by Gasteiger charge is 2.48. The van der Waals surface area contributed by atoms with Gasteiger partial charge >= 0.3 is 0 Å². The lowest BCUT2D eigenvalue weighted by molar-refractivity contribution is -0.122. The van der Waals surface area contributed by atoms with Gasteiger partial charge < -0.3 is 15.3 Å². The Morgan fingerprint density at radius 3 is 2.61 bits per heavy atom. The van der Waals surface area contributed by atoms with Gasteiger partial charge in [0.05, 0.1) is 30.4 Å². The second-order valence-corrected chi connectivity index (χ2v) is 5.72. The molecular weight excluding hydrogens is 232 g/mol. The molecule has 0 aromatic carbocycles. The highest BCUT2D eigenvalue weighted by atomic mass is 16.3. The van der Waals surface area contributed by atoms with Crippen molar-refractivity contribution in [1.82, 2.24) is 9.80 Å². The van der Waals surface area contributed by atoms with Gasteiger partial charge in [0.15, 0.2) is 0 Å². The van der Waals surface area contributed by atoms with E-state index in [4.69, 9.17) is 0 Å². The molecule has 106 valence electrons. The summed E-state index contributed by atoms with van der Waals surface area (Å²) in [7, 11) is 2.00. The first-order valence-electron chi connectivity index (χ1n) is 7.04. The number of fused-ring (bicyclic) bond motifs is 1. The molecule has 5 nitrogen and oxygen atoms in total. The molecule has 0 aliphatic carbocycles. The summed E-state index contributed by atoms with van der Waals surface area (Å²) in [4.78, 5) is 4.26. The molecule has 2 aliphatic heterocycles. The van der Waals surface area contributed by atoms with Gasteiger partial charge in [-0.05, 0) is 26.4 Å². The molecule has 2 heterocycles. The van der Waals surface area contributed by atoms with Crippen LogP contribution in [0.15, 0.2) is 0 Å². The van der Waals surface area contributed by atoms with Crippen molar-refractivity contribution in [3.8, 4) is 0 Å². The molecule has 2 aliphatic rings. The third-order valence-electron chi connectivity index (χ3n) is 4.47. The second-order valence-electron chi connectivity index (χ2n) is 5.72. The summed E-state index contributed by atoms with van der Waals surface area (Å²) in [6.45, 7) is 4.63. The minimum absolute atomic E-state index is 0.0342. The molecule has 0 saturated carbocycles. The fourth-order valence-electron chi connectivity index (χ4n) is 3.27. The maximum absolute atomic E-state index is 10.2. The van der Waals surface area contributed by atoms with E-state index >= 15 is 0 Å². The van der Waals surface area contributed by atoms with E-state index in [1.165, 1.54) is 0 Å². The quantitative estimate of drug-likeness (QED) is 0.620. The number of piperidine rings is 1. The Bertz CT molecular complexity index is 277. The van der Waals surface area contributed by atoms with Crippen LogP contribution in [0.3, 0.4) is 0 Å². The summed E-state index contributed by atoms with van der Waals surface area (Å²) in [5, 5.41) is 30.3. The fourth-order valence-corrected chi connectivity index (χ4v) is 3.27. The van der Waals surface area contributed by atoms with Gasteiger partial charge in [-0.2, -0.15) is 0 Å². The molecule has 0 aromatic rings. The van der Waals surface area contributed by atoms with Crippen molar-refractivity contribution >= 4 is 0 Å². The van der Waals surface area contributed by atoms with E-state index in [9.17, 15) is 15.3 Å². The number of hydrogen-bond acceptors (Lipinski definition) is 5. The molecule has 2 fully saturated rings. The van der Waals surface area contributed by atoms with Gasteiger partial charge in [0, 0.05) is 13.1 Å². The van der Waals surface area contributed by atoms with Crippen LogP contribution in [0, 0.1) is 0 Å². The molecule has 0 bridgehead atoms. The van der Waals surface area contributed by atoms with E-state index in [1.54, 1.807) is 0 Å². The molecule has 18 heavy (non-hydrogen) atoms. The summed E-state index contributed by atoms with van der Waals surface area (Å²) in [5.41, 5.74) is 0. The minimum atomic E-state index is -0.842. The molecule has 0 amide bonds. The predicted molar refractivity (Wildman–Crippen MR) is 69.3 cm³/mol. The maximum atomic E-state index is 10.2. The fraction of sp³-hybridized carbons (Fsp3) is 1.00. The molecule has 3 N–H and O–H groups in total. The Morgan fingerprint density at radius 1 is 1.22 bits per heavy atom. The number of unbranched alkanes of at least 4 members (excludes halogenated alkanes) is 1. The molecular formula is C13H26N2O3. The number of aliphatic hydroxyl groups is 3. The lowest BCUT2D eigenvalue weighted by atomic mass is 9.90. The van der Waals surface area contributed by atoms with Crippen molar-refractivity contribution in [3.05, 3.63) is 0 Å². The predicted octanol–water partition coefficient (Wildman–Crippen LogP) is -0.742. The SMILES string of the molecule is CCCCN(C)[C@H]1CN2CC[C@H](O)[C@@H]2[C@@H](O)[C@@H]1O. The van der Waals surface area contributed by atoms with Crippen LogP contribution in [0.5, 0.6) is 0 Å². The van der Waals surface area contributed by atoms with Gasteiger partial charge in [-0.15, -0.1) is 0 Å². The molecule has 2 saturated heterocycles. The van der Waals surface area contributed by atoms with Crippen molar-refractivity contribution in [1.29, 1.82) is 0 Å². The summed E-state index contributed by atoms with van der Waals surface area (Å²) >= 11 is 0. The third kappa shape index (κ3) is 2.56. The molecule has 5 heteroatoms. The van der Waals surface area contributed by atoms with E-state index in [1.807, 2.05) is 7.05 Å². The third-order valence-corrected chi connectivity index (χ3v) is 4.47. The van der Waals surface area contributed by atoms with Gasteiger partial charge in [-0.1, -0.05) is 13.3 Å². The number of nitrogens with zero attached hydrogens (tertiary/aromatic N) is 2. The summed E-state index contributed by atoms with van der Waals surface area (Å²) < 4.78 is 0. The minimum Gasteiger partial charge on any atom is -0.391 e. The van der Waals surface area contributed by atoms with E-state index in [0.29, 0.717) is 6.42 Å². The Hall–Kier alpha value is -0.200. The van der Waals surface area contributed by atoms with Gasteiger partial charge in [-0.25, -0.2) is 0 Å². The van der Waals surface area contributed by atoms with E-state index < -0.39 is 18.3 Å². The van der Waals surface area contributed by atoms with Crippen LogP contribution in [0.1, 0.15) is 26.2 Å². The van der Waals surface area contributed by atoms with Gasteiger partial charge in [0.2, 0.25) is 0 Å². The Balaban J connectivity index is 2.01. The largest absolute Gasteiger partial charge is 0.391 e. The average Bonchev–Trinajstić information content (AvgIpc) is 2.72. The van der Waals surface area contributed by atoms with Crippen molar-refractivity contribution in [3.63, 3.8) is 0 Å². The Kier molecular flexibility index (Phi) is 4.61. The number of likely N-dealkylation sites (N-methyl/N-ethyl adjacent to an activating group) is 1. The van der Waals surface area contributed by atoms with Gasteiger partial charge in [-0.3, -0.25) is 9.80 Å². The maximum Gasteiger partial charge on any atom is 0.0994 e. The Morgan fingerprint density at radius 2 is 1.94 bits per heavy atom. The lowest BCUT2D eigenvalue weighted by Gasteiger charge is -2.46. The topological polar surface area (TPSA) is 67.2 Å². The molecule has 0 unspecified atom stereocenters. The molecule has 5 atom stereocenters. The highest BCUT2D eigenvalue weighted by molar-refractivity contribution is 5.03. The summed E-state index contributed by atoms with van der Waals surface area (Å²) in [6.07, 6.45) is 0.811. The molecule has 0 radical (unpaired) electrons. The average molecular weight is 258 g/mol.